The number of aromatic carboxylic acids is 1. The van der Waals surface area contributed by atoms with Crippen LogP contribution in [-0.4, -0.2) is 35.2 Å². The number of benzene rings is 1. The number of pyridine rings is 1. The number of nitrogens with zero attached hydrogens (tertiary/aromatic N) is 1. The van der Waals surface area contributed by atoms with Gasteiger partial charge in [0.25, 0.3) is 5.91 Å². The maximum Gasteiger partial charge on any atom is 0.335 e. The zero-order valence-electron chi connectivity index (χ0n) is 15.1. The second kappa shape index (κ2) is 8.53. The summed E-state index contributed by atoms with van der Waals surface area (Å²) in [4.78, 5) is 27.4. The lowest BCUT2D eigenvalue weighted by atomic mass is 10.1. The molecule has 2 aromatic rings. The fraction of sp³-hybridized carbons (Fsp3) is 0.350. The number of carbonyl (C=O) groups is 2. The Balaban J connectivity index is 1.74. The van der Waals surface area contributed by atoms with E-state index in [-0.39, 0.29) is 23.9 Å². The normalized spacial score (nSPS) is 14.0. The van der Waals surface area contributed by atoms with Gasteiger partial charge in [0.15, 0.2) is 11.5 Å². The van der Waals surface area contributed by atoms with Crippen LogP contribution in [0.3, 0.4) is 0 Å². The van der Waals surface area contributed by atoms with Crippen molar-refractivity contribution in [1.82, 2.24) is 10.3 Å². The Morgan fingerprint density at radius 2 is 2.04 bits per heavy atom. The molecule has 0 radical (unpaired) electrons. The molecule has 27 heavy (non-hydrogen) atoms. The van der Waals surface area contributed by atoms with Crippen molar-refractivity contribution >= 4 is 11.9 Å². The van der Waals surface area contributed by atoms with Gasteiger partial charge in [-0.05, 0) is 43.9 Å². The van der Waals surface area contributed by atoms with E-state index >= 15 is 0 Å². The van der Waals surface area contributed by atoms with Gasteiger partial charge in [-0.2, -0.15) is 0 Å². The quantitative estimate of drug-likeness (QED) is 0.777. The first-order valence-electron chi connectivity index (χ1n) is 8.88. The second-order valence-corrected chi connectivity index (χ2v) is 6.39. The van der Waals surface area contributed by atoms with Crippen LogP contribution < -0.4 is 14.8 Å². The molecule has 1 heterocycles. The molecule has 1 aliphatic rings. The van der Waals surface area contributed by atoms with E-state index in [1.807, 2.05) is 18.2 Å². The average Bonchev–Trinajstić information content (AvgIpc) is 3.20. The van der Waals surface area contributed by atoms with Gasteiger partial charge in [-0.1, -0.05) is 12.1 Å². The summed E-state index contributed by atoms with van der Waals surface area (Å²) >= 11 is 0. The number of rotatable bonds is 7. The fourth-order valence-electron chi connectivity index (χ4n) is 3.12. The first kappa shape index (κ1) is 18.7. The Kier molecular flexibility index (Phi) is 5.90. The molecule has 7 nitrogen and oxygen atoms in total. The van der Waals surface area contributed by atoms with Crippen molar-refractivity contribution in [3.63, 3.8) is 0 Å². The number of hydrogen-bond acceptors (Lipinski definition) is 5. The molecular formula is C20H22N2O5. The minimum atomic E-state index is -1.11. The molecule has 1 aromatic carbocycles. The summed E-state index contributed by atoms with van der Waals surface area (Å²) in [5.74, 6) is -0.293. The molecule has 0 atom stereocenters. The molecule has 1 aromatic heterocycles. The number of carbonyl (C=O) groups excluding carboxylic acids is 1. The molecule has 0 unspecified atom stereocenters. The molecule has 0 spiro atoms. The van der Waals surface area contributed by atoms with Crippen LogP contribution in [0.4, 0.5) is 0 Å². The molecule has 142 valence electrons. The van der Waals surface area contributed by atoms with E-state index in [2.05, 4.69) is 10.3 Å². The summed E-state index contributed by atoms with van der Waals surface area (Å²) in [6.07, 6.45) is 5.78. The number of aromatic nitrogens is 1. The number of carboxylic acids is 1. The van der Waals surface area contributed by atoms with Crippen molar-refractivity contribution in [3.8, 4) is 11.5 Å². The molecule has 1 amide bonds. The highest BCUT2D eigenvalue weighted by Crippen LogP contribution is 2.34. The van der Waals surface area contributed by atoms with Gasteiger partial charge < -0.3 is 19.9 Å². The monoisotopic (exact) mass is 370 g/mol. The molecule has 1 aliphatic carbocycles. The standard InChI is InChI=1S/C20H22N2O5/c1-26-17-8-4-5-14(18(17)27-15-6-2-3-7-15)12-22-19(23)16-11-13(20(24)25)9-10-21-16/h4-5,8-11,15H,2-3,6-7,12H2,1H3,(H,22,23)(H,24,25). The van der Waals surface area contributed by atoms with Gasteiger partial charge in [0, 0.05) is 18.3 Å². The molecule has 2 N–H and O–H groups in total. The lowest BCUT2D eigenvalue weighted by molar-refractivity contribution is 0.0696. The van der Waals surface area contributed by atoms with Crippen molar-refractivity contribution in [3.05, 3.63) is 53.3 Å². The number of amides is 1. The third kappa shape index (κ3) is 4.55. The number of nitrogens with one attached hydrogen (secondary N) is 1. The predicted octanol–water partition coefficient (Wildman–Crippen LogP) is 3.04. The highest BCUT2D eigenvalue weighted by Gasteiger charge is 2.21. The fourth-order valence-corrected chi connectivity index (χ4v) is 3.12. The minimum Gasteiger partial charge on any atom is -0.493 e. The van der Waals surface area contributed by atoms with Crippen molar-refractivity contribution in [2.75, 3.05) is 7.11 Å². The van der Waals surface area contributed by atoms with Gasteiger partial charge in [-0.15, -0.1) is 0 Å². The summed E-state index contributed by atoms with van der Waals surface area (Å²) in [5, 5.41) is 11.8. The van der Waals surface area contributed by atoms with Crippen molar-refractivity contribution in [2.24, 2.45) is 0 Å². The van der Waals surface area contributed by atoms with Gasteiger partial charge in [-0.3, -0.25) is 9.78 Å². The summed E-state index contributed by atoms with van der Waals surface area (Å²) in [7, 11) is 1.58. The Bertz CT molecular complexity index is 831. The van der Waals surface area contributed by atoms with E-state index in [1.165, 1.54) is 18.3 Å². The number of ether oxygens (including phenoxy) is 2. The molecule has 1 saturated carbocycles. The molecule has 0 bridgehead atoms. The molecule has 3 rings (SSSR count). The highest BCUT2D eigenvalue weighted by molar-refractivity contribution is 5.95. The van der Waals surface area contributed by atoms with E-state index in [9.17, 15) is 9.59 Å². The molecule has 0 aliphatic heterocycles. The van der Waals surface area contributed by atoms with Gasteiger partial charge in [0.05, 0.1) is 18.8 Å². The average molecular weight is 370 g/mol. The van der Waals surface area contributed by atoms with Crippen molar-refractivity contribution in [2.45, 2.75) is 38.3 Å². The van der Waals surface area contributed by atoms with E-state index in [1.54, 1.807) is 7.11 Å². The van der Waals surface area contributed by atoms with Gasteiger partial charge in [0.2, 0.25) is 0 Å². The maximum atomic E-state index is 12.4. The van der Waals surface area contributed by atoms with Crippen LogP contribution in [0.1, 0.15) is 52.1 Å². The summed E-state index contributed by atoms with van der Waals surface area (Å²) in [6, 6.07) is 8.13. The molecule has 7 heteroatoms. The Hall–Kier alpha value is -3.09. The van der Waals surface area contributed by atoms with Crippen molar-refractivity contribution < 1.29 is 24.2 Å². The number of hydrogen-bond donors (Lipinski definition) is 2. The Morgan fingerprint density at radius 1 is 1.26 bits per heavy atom. The van der Waals surface area contributed by atoms with Crippen LogP contribution in [0.2, 0.25) is 0 Å². The Labute approximate surface area is 157 Å². The first-order chi connectivity index (χ1) is 13.1. The smallest absolute Gasteiger partial charge is 0.335 e. The maximum absolute atomic E-state index is 12.4. The van der Waals surface area contributed by atoms with Crippen LogP contribution in [0.5, 0.6) is 11.5 Å². The van der Waals surface area contributed by atoms with E-state index in [4.69, 9.17) is 14.6 Å². The lowest BCUT2D eigenvalue weighted by Crippen LogP contribution is -2.25. The zero-order valence-corrected chi connectivity index (χ0v) is 15.1. The van der Waals surface area contributed by atoms with E-state index < -0.39 is 11.9 Å². The molecule has 0 saturated heterocycles. The van der Waals surface area contributed by atoms with Crippen LogP contribution in [0, 0.1) is 0 Å². The van der Waals surface area contributed by atoms with Crippen molar-refractivity contribution in [1.29, 1.82) is 0 Å². The first-order valence-corrected chi connectivity index (χ1v) is 8.88. The topological polar surface area (TPSA) is 97.8 Å². The van der Waals surface area contributed by atoms with Crippen LogP contribution in [-0.2, 0) is 6.54 Å². The summed E-state index contributed by atoms with van der Waals surface area (Å²) in [5.41, 5.74) is 0.863. The van der Waals surface area contributed by atoms with Gasteiger partial charge in [0.1, 0.15) is 5.69 Å². The van der Waals surface area contributed by atoms with Crippen LogP contribution >= 0.6 is 0 Å². The summed E-state index contributed by atoms with van der Waals surface area (Å²) in [6.45, 7) is 0.219. The summed E-state index contributed by atoms with van der Waals surface area (Å²) < 4.78 is 11.6. The second-order valence-electron chi connectivity index (χ2n) is 6.39. The number of para-hydroxylation sites is 1. The van der Waals surface area contributed by atoms with Crippen LogP contribution in [0.15, 0.2) is 36.5 Å². The van der Waals surface area contributed by atoms with Crippen LogP contribution in [0.25, 0.3) is 0 Å². The molecular weight excluding hydrogens is 348 g/mol. The Morgan fingerprint density at radius 3 is 2.74 bits per heavy atom. The van der Waals surface area contributed by atoms with Gasteiger partial charge >= 0.3 is 5.97 Å². The number of methoxy groups -OCH3 is 1. The van der Waals surface area contributed by atoms with E-state index in [0.717, 1.165) is 31.2 Å². The highest BCUT2D eigenvalue weighted by atomic mass is 16.5. The minimum absolute atomic E-state index is 0.0155. The SMILES string of the molecule is COc1cccc(CNC(=O)c2cc(C(=O)O)ccn2)c1OC1CCCC1. The zero-order chi connectivity index (χ0) is 19.2. The third-order valence-corrected chi connectivity index (χ3v) is 4.55. The lowest BCUT2D eigenvalue weighted by Gasteiger charge is -2.19. The predicted molar refractivity (Wildman–Crippen MR) is 98.2 cm³/mol. The third-order valence-electron chi connectivity index (χ3n) is 4.55. The van der Waals surface area contributed by atoms with Gasteiger partial charge in [-0.25, -0.2) is 4.79 Å². The molecule has 1 fully saturated rings. The largest absolute Gasteiger partial charge is 0.493 e. The number of carboxylic acid groups (broad SMARTS) is 1. The van der Waals surface area contributed by atoms with E-state index in [0.29, 0.717) is 11.5 Å².